The summed E-state index contributed by atoms with van der Waals surface area (Å²) in [7, 11) is 0. The largest absolute Gasteiger partial charge is 0.487 e. The lowest BCUT2D eigenvalue weighted by Crippen LogP contribution is -2.44. The third-order valence-electron chi connectivity index (χ3n) is 6.03. The molecule has 3 rings (SSSR count). The molecule has 0 unspecified atom stereocenters. The van der Waals surface area contributed by atoms with E-state index in [0.717, 1.165) is 37.0 Å². The topological polar surface area (TPSA) is 38.3 Å². The Morgan fingerprint density at radius 2 is 1.85 bits per heavy atom. The molecule has 0 saturated carbocycles. The number of carbonyl (C=O) groups excluding carboxylic acids is 1. The summed E-state index contributed by atoms with van der Waals surface area (Å²) in [5.41, 5.74) is 4.69. The molecule has 144 valence electrons. The van der Waals surface area contributed by atoms with Gasteiger partial charge < -0.3 is 10.1 Å². The fraction of sp³-hybridized carbons (Fsp3) is 0.458. The van der Waals surface area contributed by atoms with Crippen LogP contribution in [0.3, 0.4) is 0 Å². The maximum atomic E-state index is 12.7. The van der Waals surface area contributed by atoms with E-state index >= 15 is 0 Å². The zero-order valence-corrected chi connectivity index (χ0v) is 17.0. The minimum Gasteiger partial charge on any atom is -0.487 e. The molecule has 0 saturated heterocycles. The molecule has 3 heteroatoms. The molecule has 2 aromatic carbocycles. The predicted molar refractivity (Wildman–Crippen MR) is 110 cm³/mol. The number of aryl methyl sites for hydroxylation is 3. The average molecular weight is 366 g/mol. The fourth-order valence-corrected chi connectivity index (χ4v) is 3.91. The number of benzene rings is 2. The lowest BCUT2D eigenvalue weighted by Gasteiger charge is -2.41. The second-order valence-electron chi connectivity index (χ2n) is 7.77. The summed E-state index contributed by atoms with van der Waals surface area (Å²) in [6.07, 6.45) is 3.98. The Labute approximate surface area is 163 Å². The minimum absolute atomic E-state index is 0.0158. The number of carbonyl (C=O) groups is 1. The molecular weight excluding hydrogens is 334 g/mol. The summed E-state index contributed by atoms with van der Waals surface area (Å²) in [6.45, 7) is 8.56. The van der Waals surface area contributed by atoms with Crippen LogP contribution in [0.1, 0.15) is 67.8 Å². The van der Waals surface area contributed by atoms with E-state index in [9.17, 15) is 4.79 Å². The summed E-state index contributed by atoms with van der Waals surface area (Å²) in [4.78, 5) is 12.7. The molecule has 0 radical (unpaired) electrons. The van der Waals surface area contributed by atoms with Crippen molar-refractivity contribution in [1.29, 1.82) is 0 Å². The maximum absolute atomic E-state index is 12.7. The van der Waals surface area contributed by atoms with Gasteiger partial charge in [-0.1, -0.05) is 50.2 Å². The fourth-order valence-electron chi connectivity index (χ4n) is 3.91. The molecule has 0 aliphatic carbocycles. The van der Waals surface area contributed by atoms with E-state index in [2.05, 4.69) is 57.3 Å². The number of para-hydroxylation sites is 1. The highest BCUT2D eigenvalue weighted by atomic mass is 16.5. The quantitative estimate of drug-likeness (QED) is 0.741. The maximum Gasteiger partial charge on any atom is 0.220 e. The zero-order valence-electron chi connectivity index (χ0n) is 17.0. The number of amides is 1. The van der Waals surface area contributed by atoms with Crippen LogP contribution in [0.4, 0.5) is 0 Å². The Hall–Kier alpha value is -2.29. The predicted octanol–water partition coefficient (Wildman–Crippen LogP) is 5.43. The Morgan fingerprint density at radius 3 is 2.56 bits per heavy atom. The van der Waals surface area contributed by atoms with Gasteiger partial charge in [0.05, 0.1) is 6.04 Å². The molecule has 27 heavy (non-hydrogen) atoms. The first-order chi connectivity index (χ1) is 13.0. The van der Waals surface area contributed by atoms with Gasteiger partial charge in [-0.2, -0.15) is 0 Å². The molecule has 1 aliphatic rings. The zero-order chi connectivity index (χ0) is 19.4. The Balaban J connectivity index is 1.69. The molecule has 0 bridgehead atoms. The molecule has 1 N–H and O–H groups in total. The summed E-state index contributed by atoms with van der Waals surface area (Å²) in [6, 6.07) is 14.6. The first-order valence-electron chi connectivity index (χ1n) is 10.1. The summed E-state index contributed by atoms with van der Waals surface area (Å²) < 4.78 is 6.33. The van der Waals surface area contributed by atoms with Gasteiger partial charge in [0.25, 0.3) is 0 Å². The van der Waals surface area contributed by atoms with E-state index in [-0.39, 0.29) is 17.6 Å². The van der Waals surface area contributed by atoms with Crippen molar-refractivity contribution in [3.05, 3.63) is 64.7 Å². The summed E-state index contributed by atoms with van der Waals surface area (Å²) >= 11 is 0. The van der Waals surface area contributed by atoms with Crippen LogP contribution >= 0.6 is 0 Å². The van der Waals surface area contributed by atoms with Crippen LogP contribution in [0.15, 0.2) is 42.5 Å². The lowest BCUT2D eigenvalue weighted by atomic mass is 9.83. The van der Waals surface area contributed by atoms with Crippen LogP contribution in [-0.4, -0.2) is 11.5 Å². The molecule has 0 fully saturated rings. The van der Waals surface area contributed by atoms with Gasteiger partial charge in [0.1, 0.15) is 11.4 Å². The number of rotatable bonds is 6. The van der Waals surface area contributed by atoms with E-state index < -0.39 is 0 Å². The number of fused-ring (bicyclic) bond motifs is 1. The van der Waals surface area contributed by atoms with Crippen molar-refractivity contribution in [3.8, 4) is 5.75 Å². The smallest absolute Gasteiger partial charge is 0.220 e. The first-order valence-corrected chi connectivity index (χ1v) is 10.1. The van der Waals surface area contributed by atoms with Gasteiger partial charge in [-0.15, -0.1) is 0 Å². The SMILES string of the molecule is CCC1(CC)C[C@H](NC(=O)CCc2ccc(C)c(C)c2)c2ccccc2O1. The van der Waals surface area contributed by atoms with Crippen LogP contribution < -0.4 is 10.1 Å². The van der Waals surface area contributed by atoms with Gasteiger partial charge in [-0.3, -0.25) is 4.79 Å². The van der Waals surface area contributed by atoms with Crippen molar-refractivity contribution in [2.45, 2.75) is 71.4 Å². The van der Waals surface area contributed by atoms with Crippen molar-refractivity contribution in [3.63, 3.8) is 0 Å². The molecule has 1 heterocycles. The van der Waals surface area contributed by atoms with Crippen molar-refractivity contribution < 1.29 is 9.53 Å². The summed E-state index contributed by atoms with van der Waals surface area (Å²) in [5, 5.41) is 3.28. The van der Waals surface area contributed by atoms with E-state index in [1.165, 1.54) is 16.7 Å². The Morgan fingerprint density at radius 1 is 1.11 bits per heavy atom. The molecule has 1 aliphatic heterocycles. The third kappa shape index (κ3) is 4.35. The average Bonchev–Trinajstić information content (AvgIpc) is 2.68. The molecule has 3 nitrogen and oxygen atoms in total. The van der Waals surface area contributed by atoms with Crippen LogP contribution in [0, 0.1) is 13.8 Å². The lowest BCUT2D eigenvalue weighted by molar-refractivity contribution is -0.122. The minimum atomic E-state index is -0.194. The Bertz CT molecular complexity index is 808. The van der Waals surface area contributed by atoms with E-state index in [1.807, 2.05) is 18.2 Å². The van der Waals surface area contributed by atoms with Crippen molar-refractivity contribution >= 4 is 5.91 Å². The third-order valence-corrected chi connectivity index (χ3v) is 6.03. The Kier molecular flexibility index (Phi) is 5.88. The molecule has 1 amide bonds. The monoisotopic (exact) mass is 365 g/mol. The molecule has 0 aromatic heterocycles. The number of hydrogen-bond acceptors (Lipinski definition) is 2. The second kappa shape index (κ2) is 8.16. The number of nitrogens with one attached hydrogen (secondary N) is 1. The highest BCUT2D eigenvalue weighted by molar-refractivity contribution is 5.77. The van der Waals surface area contributed by atoms with Crippen molar-refractivity contribution in [2.24, 2.45) is 0 Å². The van der Waals surface area contributed by atoms with E-state index in [4.69, 9.17) is 4.74 Å². The van der Waals surface area contributed by atoms with Gasteiger partial charge >= 0.3 is 0 Å². The highest BCUT2D eigenvalue weighted by Gasteiger charge is 2.38. The van der Waals surface area contributed by atoms with Crippen LogP contribution in [0.2, 0.25) is 0 Å². The van der Waals surface area contributed by atoms with Crippen LogP contribution in [0.25, 0.3) is 0 Å². The van der Waals surface area contributed by atoms with E-state index in [0.29, 0.717) is 6.42 Å². The number of hydrogen-bond donors (Lipinski definition) is 1. The van der Waals surface area contributed by atoms with Crippen molar-refractivity contribution in [2.75, 3.05) is 0 Å². The van der Waals surface area contributed by atoms with E-state index in [1.54, 1.807) is 0 Å². The van der Waals surface area contributed by atoms with Crippen LogP contribution in [-0.2, 0) is 11.2 Å². The number of ether oxygens (including phenoxy) is 1. The normalized spacial score (nSPS) is 17.7. The highest BCUT2D eigenvalue weighted by Crippen LogP contribution is 2.42. The second-order valence-corrected chi connectivity index (χ2v) is 7.77. The van der Waals surface area contributed by atoms with Gasteiger partial charge in [0, 0.05) is 18.4 Å². The van der Waals surface area contributed by atoms with Gasteiger partial charge in [0.15, 0.2) is 0 Å². The van der Waals surface area contributed by atoms with Crippen molar-refractivity contribution in [1.82, 2.24) is 5.32 Å². The molecule has 0 spiro atoms. The van der Waals surface area contributed by atoms with Crippen LogP contribution in [0.5, 0.6) is 5.75 Å². The van der Waals surface area contributed by atoms with Gasteiger partial charge in [-0.05, 0) is 55.9 Å². The molecule has 2 aromatic rings. The molecule has 1 atom stereocenters. The summed E-state index contributed by atoms with van der Waals surface area (Å²) in [5.74, 6) is 1.02. The first kappa shape index (κ1) is 19.5. The standard InChI is InChI=1S/C24H31NO2/c1-5-24(6-2)16-21(20-9-7-8-10-22(20)27-24)25-23(26)14-13-19-12-11-17(3)18(4)15-19/h7-12,15,21H,5-6,13-14,16H2,1-4H3,(H,25,26)/t21-/m0/s1. The molecular formula is C24H31NO2. The van der Waals surface area contributed by atoms with Gasteiger partial charge in [-0.25, -0.2) is 0 Å². The van der Waals surface area contributed by atoms with Gasteiger partial charge in [0.2, 0.25) is 5.91 Å².